The standard InChI is InChI=1S/C20H22N2O4.H2S/c1-13-4-8-17(9-5-13)21-20(24)22-11-14(2)26-18-10-15(19(23)25-3)6-7-16(18)12-22;/h4-10,14H,11-12H2,1-3H3,(H,21,24);1H2/t14-;/m0./s1. The molecular weight excluding hydrogens is 364 g/mol. The Morgan fingerprint density at radius 2 is 1.89 bits per heavy atom. The fourth-order valence-electron chi connectivity index (χ4n) is 2.87. The number of methoxy groups -OCH3 is 1. The Hall–Kier alpha value is -2.67. The summed E-state index contributed by atoms with van der Waals surface area (Å²) in [7, 11) is 1.34. The van der Waals surface area contributed by atoms with E-state index in [-0.39, 0.29) is 25.6 Å². The van der Waals surface area contributed by atoms with Crippen molar-refractivity contribution in [1.29, 1.82) is 0 Å². The van der Waals surface area contributed by atoms with Crippen molar-refractivity contribution in [1.82, 2.24) is 4.90 Å². The Bertz CT molecular complexity index is 823. The Morgan fingerprint density at radius 3 is 2.56 bits per heavy atom. The number of anilines is 1. The van der Waals surface area contributed by atoms with E-state index < -0.39 is 5.97 Å². The van der Waals surface area contributed by atoms with E-state index in [2.05, 4.69) is 5.32 Å². The van der Waals surface area contributed by atoms with Crippen molar-refractivity contribution < 1.29 is 19.1 Å². The van der Waals surface area contributed by atoms with Gasteiger partial charge in [0.2, 0.25) is 0 Å². The molecule has 7 heteroatoms. The van der Waals surface area contributed by atoms with Gasteiger partial charge < -0.3 is 19.7 Å². The number of amides is 2. The number of hydrogen-bond donors (Lipinski definition) is 1. The van der Waals surface area contributed by atoms with Crippen LogP contribution in [-0.4, -0.2) is 36.7 Å². The van der Waals surface area contributed by atoms with Crippen LogP contribution in [0.3, 0.4) is 0 Å². The van der Waals surface area contributed by atoms with Gasteiger partial charge in [-0.25, -0.2) is 9.59 Å². The van der Waals surface area contributed by atoms with Crippen LogP contribution in [0.4, 0.5) is 10.5 Å². The number of nitrogens with zero attached hydrogens (tertiary/aromatic N) is 1. The molecule has 0 spiro atoms. The Balaban J connectivity index is 0.00000261. The van der Waals surface area contributed by atoms with E-state index in [1.165, 1.54) is 7.11 Å². The van der Waals surface area contributed by atoms with Gasteiger partial charge in [-0.15, -0.1) is 0 Å². The lowest BCUT2D eigenvalue weighted by atomic mass is 10.1. The number of carbonyl (C=O) groups is 2. The third kappa shape index (κ3) is 4.95. The van der Waals surface area contributed by atoms with Crippen molar-refractivity contribution >= 4 is 31.2 Å². The van der Waals surface area contributed by atoms with Gasteiger partial charge >= 0.3 is 12.0 Å². The minimum atomic E-state index is -0.415. The largest absolute Gasteiger partial charge is 0.488 e. The van der Waals surface area contributed by atoms with E-state index in [1.807, 2.05) is 38.1 Å². The van der Waals surface area contributed by atoms with E-state index in [1.54, 1.807) is 23.1 Å². The highest BCUT2D eigenvalue weighted by atomic mass is 32.1. The summed E-state index contributed by atoms with van der Waals surface area (Å²) in [5.41, 5.74) is 3.16. The van der Waals surface area contributed by atoms with E-state index in [9.17, 15) is 9.59 Å². The van der Waals surface area contributed by atoms with Crippen molar-refractivity contribution in [3.8, 4) is 5.75 Å². The Kier molecular flexibility index (Phi) is 6.74. The quantitative estimate of drug-likeness (QED) is 0.797. The molecule has 1 N–H and O–H groups in total. The van der Waals surface area contributed by atoms with Gasteiger partial charge in [-0.2, -0.15) is 13.5 Å². The molecule has 0 bridgehead atoms. The van der Waals surface area contributed by atoms with Gasteiger partial charge in [0.05, 0.1) is 25.8 Å². The van der Waals surface area contributed by atoms with Gasteiger partial charge in [0.25, 0.3) is 0 Å². The van der Waals surface area contributed by atoms with Gasteiger partial charge in [0.1, 0.15) is 11.9 Å². The van der Waals surface area contributed by atoms with Gasteiger partial charge in [0.15, 0.2) is 0 Å². The minimum absolute atomic E-state index is 0. The maximum Gasteiger partial charge on any atom is 0.337 e. The number of rotatable bonds is 2. The summed E-state index contributed by atoms with van der Waals surface area (Å²) in [5, 5.41) is 2.91. The first-order chi connectivity index (χ1) is 12.5. The van der Waals surface area contributed by atoms with E-state index in [4.69, 9.17) is 9.47 Å². The van der Waals surface area contributed by atoms with Crippen LogP contribution in [0.25, 0.3) is 0 Å². The van der Waals surface area contributed by atoms with Crippen LogP contribution in [0.15, 0.2) is 42.5 Å². The normalized spacial score (nSPS) is 15.5. The molecule has 6 nitrogen and oxygen atoms in total. The van der Waals surface area contributed by atoms with Crippen LogP contribution in [0.1, 0.15) is 28.4 Å². The number of nitrogens with one attached hydrogen (secondary N) is 1. The molecule has 0 fully saturated rings. The molecule has 0 unspecified atom stereocenters. The number of benzene rings is 2. The van der Waals surface area contributed by atoms with Gasteiger partial charge in [-0.1, -0.05) is 23.8 Å². The summed E-state index contributed by atoms with van der Waals surface area (Å²) in [5.74, 6) is 0.188. The minimum Gasteiger partial charge on any atom is -0.488 e. The zero-order valence-corrected chi connectivity index (χ0v) is 16.6. The van der Waals surface area contributed by atoms with Crippen LogP contribution in [-0.2, 0) is 11.3 Å². The van der Waals surface area contributed by atoms with Crippen molar-refractivity contribution in [3.05, 3.63) is 59.2 Å². The average Bonchev–Trinajstić information content (AvgIpc) is 2.80. The molecule has 27 heavy (non-hydrogen) atoms. The first-order valence-electron chi connectivity index (χ1n) is 8.47. The number of urea groups is 1. The van der Waals surface area contributed by atoms with Crippen LogP contribution in [0.5, 0.6) is 5.75 Å². The molecule has 0 aliphatic carbocycles. The average molecular weight is 388 g/mol. The lowest BCUT2D eigenvalue weighted by Crippen LogP contribution is -2.38. The van der Waals surface area contributed by atoms with E-state index >= 15 is 0 Å². The molecule has 2 amide bonds. The van der Waals surface area contributed by atoms with Gasteiger partial charge in [0, 0.05) is 11.3 Å². The number of fused-ring (bicyclic) bond motifs is 1. The second-order valence-electron chi connectivity index (χ2n) is 6.42. The monoisotopic (exact) mass is 388 g/mol. The molecule has 0 radical (unpaired) electrons. The second kappa shape index (κ2) is 8.81. The van der Waals surface area contributed by atoms with E-state index in [0.717, 1.165) is 16.8 Å². The maximum absolute atomic E-state index is 12.7. The maximum atomic E-state index is 12.7. The van der Waals surface area contributed by atoms with Crippen molar-refractivity contribution in [2.75, 3.05) is 19.0 Å². The summed E-state index contributed by atoms with van der Waals surface area (Å²) < 4.78 is 10.7. The number of ether oxygens (including phenoxy) is 2. The number of esters is 1. The van der Waals surface area contributed by atoms with Gasteiger partial charge in [-0.05, 0) is 38.1 Å². The van der Waals surface area contributed by atoms with Crippen molar-refractivity contribution in [2.45, 2.75) is 26.5 Å². The van der Waals surface area contributed by atoms with E-state index in [0.29, 0.717) is 24.4 Å². The van der Waals surface area contributed by atoms with Crippen LogP contribution in [0, 0.1) is 6.92 Å². The van der Waals surface area contributed by atoms with Crippen molar-refractivity contribution in [3.63, 3.8) is 0 Å². The molecule has 144 valence electrons. The summed E-state index contributed by atoms with van der Waals surface area (Å²) >= 11 is 0. The topological polar surface area (TPSA) is 67.9 Å². The predicted octanol–water partition coefficient (Wildman–Crippen LogP) is 3.71. The smallest absolute Gasteiger partial charge is 0.337 e. The second-order valence-corrected chi connectivity index (χ2v) is 6.42. The lowest BCUT2D eigenvalue weighted by molar-refractivity contribution is 0.0600. The molecule has 0 saturated heterocycles. The highest BCUT2D eigenvalue weighted by Gasteiger charge is 2.24. The predicted molar refractivity (Wildman–Crippen MR) is 109 cm³/mol. The third-order valence-corrected chi connectivity index (χ3v) is 4.25. The lowest BCUT2D eigenvalue weighted by Gasteiger charge is -2.22. The fourth-order valence-corrected chi connectivity index (χ4v) is 2.87. The number of carbonyl (C=O) groups excluding carboxylic acids is 2. The Labute approximate surface area is 165 Å². The molecule has 3 rings (SSSR count). The fraction of sp³-hybridized carbons (Fsp3) is 0.300. The summed E-state index contributed by atoms with van der Waals surface area (Å²) in [6, 6.07) is 12.6. The highest BCUT2D eigenvalue weighted by molar-refractivity contribution is 7.59. The number of hydrogen-bond acceptors (Lipinski definition) is 4. The molecular formula is C20H24N2O4S. The molecule has 1 atom stereocenters. The van der Waals surface area contributed by atoms with Crippen LogP contribution >= 0.6 is 13.5 Å². The first kappa shape index (κ1) is 20.6. The molecule has 1 aliphatic heterocycles. The zero-order valence-electron chi connectivity index (χ0n) is 15.6. The zero-order chi connectivity index (χ0) is 18.7. The van der Waals surface area contributed by atoms with Crippen LogP contribution < -0.4 is 10.1 Å². The molecule has 1 aliphatic rings. The summed E-state index contributed by atoms with van der Waals surface area (Å²) in [6.07, 6.45) is -0.201. The molecule has 2 aromatic carbocycles. The van der Waals surface area contributed by atoms with Gasteiger partial charge in [-0.3, -0.25) is 0 Å². The molecule has 1 heterocycles. The molecule has 0 aromatic heterocycles. The van der Waals surface area contributed by atoms with Crippen LogP contribution in [0.2, 0.25) is 0 Å². The summed E-state index contributed by atoms with van der Waals surface area (Å²) in [6.45, 7) is 4.74. The number of aryl methyl sites for hydroxylation is 1. The molecule has 2 aromatic rings. The highest BCUT2D eigenvalue weighted by Crippen LogP contribution is 2.27. The summed E-state index contributed by atoms with van der Waals surface area (Å²) in [4.78, 5) is 26.1. The molecule has 0 saturated carbocycles. The third-order valence-electron chi connectivity index (χ3n) is 4.25. The Morgan fingerprint density at radius 1 is 1.19 bits per heavy atom. The SMILES string of the molecule is COC(=O)c1ccc2c(c1)O[C@@H](C)CN(C(=O)Nc1ccc(C)cc1)C2.S. The van der Waals surface area contributed by atoms with Crippen molar-refractivity contribution in [2.24, 2.45) is 0 Å². The first-order valence-corrected chi connectivity index (χ1v) is 8.47.